The third-order valence-electron chi connectivity index (χ3n) is 2.93. The van der Waals surface area contributed by atoms with E-state index in [1.807, 2.05) is 0 Å². The topological polar surface area (TPSA) is 37.8 Å². The molecule has 3 nitrogen and oxygen atoms in total. The molecule has 1 heterocycles. The Balaban J connectivity index is 2.52. The van der Waals surface area contributed by atoms with Crippen LogP contribution in [-0.4, -0.2) is 9.55 Å². The largest absolute Gasteiger partial charge is 0.332 e. The van der Waals surface area contributed by atoms with Crippen LogP contribution in [0.3, 0.4) is 0 Å². The number of H-pyrrole nitrogens is 1. The number of nitrogens with zero attached hydrogens (tertiary/aromatic N) is 1. The molecule has 0 spiro atoms. The number of unbranched alkanes of at least 4 members (excludes halogenated alkanes) is 2. The van der Waals surface area contributed by atoms with Gasteiger partial charge in [-0.05, 0) is 36.8 Å². The minimum absolute atomic E-state index is 0.0403. The van der Waals surface area contributed by atoms with Crippen LogP contribution in [0.25, 0.3) is 10.9 Å². The van der Waals surface area contributed by atoms with Gasteiger partial charge in [-0.15, -0.1) is 0 Å². The number of aromatic amines is 1. The van der Waals surface area contributed by atoms with Crippen molar-refractivity contribution >= 4 is 34.7 Å². The summed E-state index contributed by atoms with van der Waals surface area (Å²) in [6, 6.07) is 5.19. The molecule has 1 N–H and O–H groups in total. The summed E-state index contributed by atoms with van der Waals surface area (Å²) < 4.78 is 2.09. The van der Waals surface area contributed by atoms with Crippen molar-refractivity contribution < 1.29 is 0 Å². The Morgan fingerprint density at radius 3 is 2.89 bits per heavy atom. The Kier molecular flexibility index (Phi) is 4.19. The maximum atomic E-state index is 12.3. The molecule has 1 aromatic heterocycles. The van der Waals surface area contributed by atoms with E-state index in [0.29, 0.717) is 27.2 Å². The first-order valence-corrected chi connectivity index (χ1v) is 6.84. The fourth-order valence-electron chi connectivity index (χ4n) is 1.95. The second kappa shape index (κ2) is 5.67. The van der Waals surface area contributed by atoms with Gasteiger partial charge in [0.2, 0.25) is 0 Å². The van der Waals surface area contributed by atoms with Crippen molar-refractivity contribution in [3.63, 3.8) is 0 Å². The molecule has 0 atom stereocenters. The van der Waals surface area contributed by atoms with E-state index >= 15 is 0 Å². The summed E-state index contributed by atoms with van der Waals surface area (Å²) in [6.07, 6.45) is 3.18. The second-order valence-corrected chi connectivity index (χ2v) is 5.11. The smallest absolute Gasteiger partial charge is 0.262 e. The molecule has 0 aliphatic rings. The van der Waals surface area contributed by atoms with Gasteiger partial charge in [0.05, 0.1) is 10.9 Å². The van der Waals surface area contributed by atoms with Gasteiger partial charge < -0.3 is 4.98 Å². The van der Waals surface area contributed by atoms with Crippen LogP contribution in [0, 0.1) is 4.77 Å². The molecule has 2 aromatic rings. The number of hydrogen-bond acceptors (Lipinski definition) is 2. The first kappa shape index (κ1) is 13.3. The number of hydrogen-bond donors (Lipinski definition) is 1. The van der Waals surface area contributed by atoms with E-state index in [2.05, 4.69) is 11.9 Å². The number of benzene rings is 1. The Bertz CT molecular complexity index is 675. The molecule has 0 bridgehead atoms. The van der Waals surface area contributed by atoms with Crippen molar-refractivity contribution in [3.05, 3.63) is 38.3 Å². The van der Waals surface area contributed by atoms with Gasteiger partial charge in [0.25, 0.3) is 5.56 Å². The molecular formula is C13H15ClN2OS. The van der Waals surface area contributed by atoms with Crippen molar-refractivity contribution in [1.82, 2.24) is 9.55 Å². The lowest BCUT2D eigenvalue weighted by Crippen LogP contribution is -2.22. The Labute approximate surface area is 115 Å². The van der Waals surface area contributed by atoms with E-state index in [4.69, 9.17) is 23.8 Å². The lowest BCUT2D eigenvalue weighted by atomic mass is 10.2. The van der Waals surface area contributed by atoms with Crippen LogP contribution >= 0.6 is 23.8 Å². The zero-order valence-corrected chi connectivity index (χ0v) is 11.8. The highest BCUT2D eigenvalue weighted by molar-refractivity contribution is 7.71. The lowest BCUT2D eigenvalue weighted by Gasteiger charge is -2.07. The highest BCUT2D eigenvalue weighted by Crippen LogP contribution is 2.14. The lowest BCUT2D eigenvalue weighted by molar-refractivity contribution is 0.578. The SMILES string of the molecule is CCCCCn1c(=S)[nH]c2cc(Cl)ccc2c1=O. The zero-order valence-electron chi connectivity index (χ0n) is 10.2. The number of halogens is 1. The van der Waals surface area contributed by atoms with Crippen molar-refractivity contribution in [1.29, 1.82) is 0 Å². The minimum atomic E-state index is -0.0403. The van der Waals surface area contributed by atoms with Crippen LogP contribution in [0.2, 0.25) is 5.02 Å². The molecule has 5 heteroatoms. The van der Waals surface area contributed by atoms with Crippen molar-refractivity contribution in [2.24, 2.45) is 0 Å². The van der Waals surface area contributed by atoms with E-state index < -0.39 is 0 Å². The molecule has 0 aliphatic heterocycles. The third-order valence-corrected chi connectivity index (χ3v) is 3.49. The summed E-state index contributed by atoms with van der Waals surface area (Å²) in [5.74, 6) is 0. The monoisotopic (exact) mass is 282 g/mol. The van der Waals surface area contributed by atoms with E-state index in [1.54, 1.807) is 22.8 Å². The van der Waals surface area contributed by atoms with Gasteiger partial charge in [-0.3, -0.25) is 9.36 Å². The molecule has 0 amide bonds. The zero-order chi connectivity index (χ0) is 13.1. The van der Waals surface area contributed by atoms with Gasteiger partial charge in [-0.25, -0.2) is 0 Å². The predicted molar refractivity (Wildman–Crippen MR) is 77.9 cm³/mol. The van der Waals surface area contributed by atoms with Gasteiger partial charge in [-0.1, -0.05) is 31.4 Å². The average Bonchev–Trinajstić information content (AvgIpc) is 2.33. The molecule has 2 rings (SSSR count). The summed E-state index contributed by atoms with van der Waals surface area (Å²) in [6.45, 7) is 2.80. The highest BCUT2D eigenvalue weighted by atomic mass is 35.5. The maximum Gasteiger partial charge on any atom is 0.262 e. The summed E-state index contributed by atoms with van der Waals surface area (Å²) in [7, 11) is 0. The molecular weight excluding hydrogens is 268 g/mol. The Hall–Kier alpha value is -1.13. The van der Waals surface area contributed by atoms with Gasteiger partial charge >= 0.3 is 0 Å². The van der Waals surface area contributed by atoms with Crippen LogP contribution in [-0.2, 0) is 6.54 Å². The predicted octanol–water partition coefficient (Wildman–Crippen LogP) is 3.90. The molecule has 0 radical (unpaired) electrons. The molecule has 0 unspecified atom stereocenters. The van der Waals surface area contributed by atoms with Gasteiger partial charge in [0.1, 0.15) is 0 Å². The van der Waals surface area contributed by atoms with Crippen molar-refractivity contribution in [3.8, 4) is 0 Å². The highest BCUT2D eigenvalue weighted by Gasteiger charge is 2.05. The van der Waals surface area contributed by atoms with E-state index in [-0.39, 0.29) is 5.56 Å². The minimum Gasteiger partial charge on any atom is -0.332 e. The first-order chi connectivity index (χ1) is 8.63. The normalized spacial score (nSPS) is 11.0. The number of rotatable bonds is 4. The number of fused-ring (bicyclic) bond motifs is 1. The van der Waals surface area contributed by atoms with Crippen LogP contribution in [0.1, 0.15) is 26.2 Å². The molecule has 1 aromatic carbocycles. The number of nitrogens with one attached hydrogen (secondary N) is 1. The maximum absolute atomic E-state index is 12.3. The second-order valence-electron chi connectivity index (χ2n) is 4.28. The van der Waals surface area contributed by atoms with Crippen LogP contribution < -0.4 is 5.56 Å². The average molecular weight is 283 g/mol. The summed E-state index contributed by atoms with van der Waals surface area (Å²) in [4.78, 5) is 15.3. The van der Waals surface area contributed by atoms with E-state index in [1.165, 1.54) is 0 Å². The van der Waals surface area contributed by atoms with Gasteiger partial charge in [-0.2, -0.15) is 0 Å². The van der Waals surface area contributed by atoms with Gasteiger partial charge in [0, 0.05) is 11.6 Å². The van der Waals surface area contributed by atoms with Crippen molar-refractivity contribution in [2.75, 3.05) is 0 Å². The third kappa shape index (κ3) is 2.65. The Morgan fingerprint density at radius 2 is 2.17 bits per heavy atom. The quantitative estimate of drug-likeness (QED) is 0.682. The Morgan fingerprint density at radius 1 is 1.39 bits per heavy atom. The van der Waals surface area contributed by atoms with Crippen LogP contribution in [0.15, 0.2) is 23.0 Å². The summed E-state index contributed by atoms with van der Waals surface area (Å²) in [5, 5.41) is 1.22. The molecule has 18 heavy (non-hydrogen) atoms. The molecule has 0 aliphatic carbocycles. The number of aromatic nitrogens is 2. The standard InChI is InChI=1S/C13H15ClN2OS/c1-2-3-4-7-16-12(17)10-6-5-9(14)8-11(10)15-13(16)18/h5-6,8H,2-4,7H2,1H3,(H,15,18). The first-order valence-electron chi connectivity index (χ1n) is 6.06. The molecule has 0 saturated carbocycles. The van der Waals surface area contributed by atoms with Crippen LogP contribution in [0.4, 0.5) is 0 Å². The van der Waals surface area contributed by atoms with Crippen LogP contribution in [0.5, 0.6) is 0 Å². The fraction of sp³-hybridized carbons (Fsp3) is 0.385. The summed E-state index contributed by atoms with van der Waals surface area (Å²) in [5.41, 5.74) is 0.658. The molecule has 0 saturated heterocycles. The fourth-order valence-corrected chi connectivity index (χ4v) is 2.41. The van der Waals surface area contributed by atoms with Gasteiger partial charge in [0.15, 0.2) is 4.77 Å². The van der Waals surface area contributed by atoms with Crippen molar-refractivity contribution in [2.45, 2.75) is 32.7 Å². The van der Waals surface area contributed by atoms with E-state index in [9.17, 15) is 4.79 Å². The molecule has 0 fully saturated rings. The van der Waals surface area contributed by atoms with E-state index in [0.717, 1.165) is 19.3 Å². The summed E-state index contributed by atoms with van der Waals surface area (Å²) >= 11 is 11.1. The molecule has 96 valence electrons.